The Kier molecular flexibility index (Phi) is 10.4. The van der Waals surface area contributed by atoms with Crippen LogP contribution in [0.1, 0.15) is 28.4 Å². The van der Waals surface area contributed by atoms with Gasteiger partial charge in [0.15, 0.2) is 0 Å². The van der Waals surface area contributed by atoms with Gasteiger partial charge in [0.1, 0.15) is 11.4 Å². The van der Waals surface area contributed by atoms with Gasteiger partial charge in [-0.3, -0.25) is 14.4 Å². The van der Waals surface area contributed by atoms with Gasteiger partial charge in [-0.1, -0.05) is 54.1 Å². The van der Waals surface area contributed by atoms with Crippen LogP contribution in [0, 0.1) is 6.92 Å². The zero-order valence-corrected chi connectivity index (χ0v) is 24.9. The molecular formula is C33H30ClN3O4S. The Morgan fingerprint density at radius 3 is 2.38 bits per heavy atom. The fourth-order valence-corrected chi connectivity index (χ4v) is 5.02. The molecule has 0 fully saturated rings. The average Bonchev–Trinajstić information content (AvgIpc) is 2.99. The third-order valence-corrected chi connectivity index (χ3v) is 7.74. The van der Waals surface area contributed by atoms with Crippen LogP contribution in [0.4, 0.5) is 11.4 Å². The molecule has 0 aliphatic heterocycles. The van der Waals surface area contributed by atoms with E-state index in [2.05, 4.69) is 16.0 Å². The standard InChI is InChI=1S/C33H30ClN3O4S/c1-21-28(34)16-9-17-29(21)36-31(38)22(2)42-27-15-8-13-25(20-27)35-33(40)30(19-23-10-7-14-26(18-23)41-3)37-32(39)24-11-5-4-6-12-24/h4-20,22H,1-3H3,(H,35,40)(H,36,38)(H,37,39)/b30-19-. The van der Waals surface area contributed by atoms with Crippen LogP contribution in [0.15, 0.2) is 108 Å². The van der Waals surface area contributed by atoms with E-state index >= 15 is 0 Å². The molecule has 42 heavy (non-hydrogen) atoms. The van der Waals surface area contributed by atoms with Crippen molar-refractivity contribution < 1.29 is 19.1 Å². The monoisotopic (exact) mass is 599 g/mol. The summed E-state index contributed by atoms with van der Waals surface area (Å²) in [6.45, 7) is 3.65. The van der Waals surface area contributed by atoms with Gasteiger partial charge in [-0.2, -0.15) is 0 Å². The highest BCUT2D eigenvalue weighted by atomic mass is 35.5. The fourth-order valence-electron chi connectivity index (χ4n) is 3.92. The van der Waals surface area contributed by atoms with E-state index in [0.29, 0.717) is 33.3 Å². The minimum Gasteiger partial charge on any atom is -0.497 e. The molecule has 4 rings (SSSR count). The normalized spacial score (nSPS) is 11.8. The number of rotatable bonds is 10. The SMILES string of the molecule is COc1cccc(/C=C(\NC(=O)c2ccccc2)C(=O)Nc2cccc(SC(C)C(=O)Nc3cccc(Cl)c3C)c2)c1. The maximum atomic E-state index is 13.4. The molecule has 9 heteroatoms. The first kappa shape index (κ1) is 30.4. The van der Waals surface area contributed by atoms with Crippen molar-refractivity contribution in [3.63, 3.8) is 0 Å². The molecule has 0 radical (unpaired) electrons. The van der Waals surface area contributed by atoms with Gasteiger partial charge in [0.25, 0.3) is 11.8 Å². The summed E-state index contributed by atoms with van der Waals surface area (Å²) < 4.78 is 5.29. The van der Waals surface area contributed by atoms with E-state index in [4.69, 9.17) is 16.3 Å². The molecule has 0 heterocycles. The van der Waals surface area contributed by atoms with Gasteiger partial charge in [0, 0.05) is 26.9 Å². The maximum absolute atomic E-state index is 13.4. The molecule has 0 saturated carbocycles. The van der Waals surface area contributed by atoms with E-state index < -0.39 is 17.1 Å². The topological polar surface area (TPSA) is 96.5 Å². The molecular weight excluding hydrogens is 570 g/mol. The molecule has 0 bridgehead atoms. The van der Waals surface area contributed by atoms with Crippen molar-refractivity contribution in [2.24, 2.45) is 0 Å². The van der Waals surface area contributed by atoms with Crippen LogP contribution in [0.2, 0.25) is 5.02 Å². The third kappa shape index (κ3) is 8.25. The maximum Gasteiger partial charge on any atom is 0.272 e. The number of methoxy groups -OCH3 is 1. The van der Waals surface area contributed by atoms with Crippen molar-refractivity contribution in [1.29, 1.82) is 0 Å². The predicted molar refractivity (Wildman–Crippen MR) is 170 cm³/mol. The van der Waals surface area contributed by atoms with E-state index in [0.717, 1.165) is 10.5 Å². The summed E-state index contributed by atoms with van der Waals surface area (Å²) in [6, 6.07) is 28.3. The lowest BCUT2D eigenvalue weighted by Crippen LogP contribution is -2.30. The Hall–Kier alpha value is -4.53. The molecule has 4 aromatic carbocycles. The van der Waals surface area contributed by atoms with Gasteiger partial charge in [-0.05, 0) is 85.6 Å². The number of halogens is 1. The molecule has 0 spiro atoms. The molecule has 214 valence electrons. The van der Waals surface area contributed by atoms with Crippen LogP contribution in [0.3, 0.4) is 0 Å². The highest BCUT2D eigenvalue weighted by Crippen LogP contribution is 2.28. The van der Waals surface area contributed by atoms with E-state index in [1.54, 1.807) is 105 Å². The number of hydrogen-bond acceptors (Lipinski definition) is 5. The molecule has 0 aliphatic carbocycles. The molecule has 0 saturated heterocycles. The molecule has 7 nitrogen and oxygen atoms in total. The van der Waals surface area contributed by atoms with E-state index in [1.807, 2.05) is 19.1 Å². The molecule has 1 unspecified atom stereocenters. The van der Waals surface area contributed by atoms with Crippen LogP contribution in [-0.4, -0.2) is 30.1 Å². The van der Waals surface area contributed by atoms with E-state index in [-0.39, 0.29) is 11.6 Å². The van der Waals surface area contributed by atoms with Crippen LogP contribution in [-0.2, 0) is 9.59 Å². The smallest absolute Gasteiger partial charge is 0.272 e. The summed E-state index contributed by atoms with van der Waals surface area (Å²) in [7, 11) is 1.56. The van der Waals surface area contributed by atoms with Crippen molar-refractivity contribution in [2.75, 3.05) is 17.7 Å². The minimum atomic E-state index is -0.508. The molecule has 3 N–H and O–H groups in total. The van der Waals surface area contributed by atoms with Crippen LogP contribution in [0.25, 0.3) is 6.08 Å². The second-order valence-corrected chi connectivity index (χ2v) is 11.1. The number of ether oxygens (including phenoxy) is 1. The highest BCUT2D eigenvalue weighted by Gasteiger charge is 2.18. The Balaban J connectivity index is 1.50. The molecule has 1 atom stereocenters. The lowest BCUT2D eigenvalue weighted by molar-refractivity contribution is -0.115. The fraction of sp³-hybridized carbons (Fsp3) is 0.121. The summed E-state index contributed by atoms with van der Waals surface area (Å²) in [6.07, 6.45) is 1.58. The first-order valence-electron chi connectivity index (χ1n) is 13.1. The summed E-state index contributed by atoms with van der Waals surface area (Å²) >= 11 is 7.53. The van der Waals surface area contributed by atoms with Gasteiger partial charge in [0.05, 0.1) is 12.4 Å². The van der Waals surface area contributed by atoms with Gasteiger partial charge in [0.2, 0.25) is 5.91 Å². The highest BCUT2D eigenvalue weighted by molar-refractivity contribution is 8.00. The Bertz CT molecular complexity index is 1620. The number of carbonyl (C=O) groups is 3. The van der Waals surface area contributed by atoms with E-state index in [1.165, 1.54) is 11.8 Å². The third-order valence-electron chi connectivity index (χ3n) is 6.23. The Labute approximate surface area is 254 Å². The summed E-state index contributed by atoms with van der Waals surface area (Å²) in [5, 5.41) is 8.67. The van der Waals surface area contributed by atoms with Crippen molar-refractivity contribution >= 4 is 58.5 Å². The lowest BCUT2D eigenvalue weighted by atomic mass is 10.1. The minimum absolute atomic E-state index is 0.0554. The zero-order valence-electron chi connectivity index (χ0n) is 23.3. The Morgan fingerprint density at radius 2 is 1.62 bits per heavy atom. The summed E-state index contributed by atoms with van der Waals surface area (Å²) in [5.41, 5.74) is 3.11. The van der Waals surface area contributed by atoms with Crippen molar-refractivity contribution in [3.8, 4) is 5.75 Å². The second-order valence-electron chi connectivity index (χ2n) is 9.30. The summed E-state index contributed by atoms with van der Waals surface area (Å²) in [4.78, 5) is 40.0. The molecule has 4 aromatic rings. The number of anilines is 2. The number of hydrogen-bond donors (Lipinski definition) is 3. The van der Waals surface area contributed by atoms with Crippen LogP contribution in [0.5, 0.6) is 5.75 Å². The largest absolute Gasteiger partial charge is 0.497 e. The van der Waals surface area contributed by atoms with Gasteiger partial charge in [-0.15, -0.1) is 11.8 Å². The Morgan fingerprint density at radius 1 is 0.881 bits per heavy atom. The molecule has 0 aliphatic rings. The van der Waals surface area contributed by atoms with E-state index in [9.17, 15) is 14.4 Å². The van der Waals surface area contributed by atoms with Crippen LogP contribution < -0.4 is 20.7 Å². The first-order chi connectivity index (χ1) is 20.2. The zero-order chi connectivity index (χ0) is 30.1. The van der Waals surface area contributed by atoms with Gasteiger partial charge < -0.3 is 20.7 Å². The van der Waals surface area contributed by atoms with Crippen molar-refractivity contribution in [1.82, 2.24) is 5.32 Å². The number of amides is 3. The number of nitrogens with one attached hydrogen (secondary N) is 3. The first-order valence-corrected chi connectivity index (χ1v) is 14.4. The second kappa shape index (κ2) is 14.4. The number of benzene rings is 4. The van der Waals surface area contributed by atoms with Gasteiger partial charge >= 0.3 is 0 Å². The lowest BCUT2D eigenvalue weighted by Gasteiger charge is -2.15. The predicted octanol–water partition coefficient (Wildman–Crippen LogP) is 7.19. The van der Waals surface area contributed by atoms with Crippen molar-refractivity contribution in [2.45, 2.75) is 24.0 Å². The summed E-state index contributed by atoms with van der Waals surface area (Å²) in [5.74, 6) is -0.483. The molecule has 0 aromatic heterocycles. The average molecular weight is 600 g/mol. The quantitative estimate of drug-likeness (QED) is 0.132. The number of thioether (sulfide) groups is 1. The van der Waals surface area contributed by atoms with Crippen LogP contribution >= 0.6 is 23.4 Å². The van der Waals surface area contributed by atoms with Crippen molar-refractivity contribution in [3.05, 3.63) is 124 Å². The molecule has 3 amide bonds. The number of carbonyl (C=O) groups excluding carboxylic acids is 3. The van der Waals surface area contributed by atoms with Gasteiger partial charge in [-0.25, -0.2) is 0 Å².